The number of nitrogens with one attached hydrogen (secondary N) is 1. The van der Waals surface area contributed by atoms with E-state index >= 15 is 0 Å². The first-order chi connectivity index (χ1) is 8.34. The number of benzene rings is 1. The molecule has 1 aromatic heterocycles. The molecule has 4 heteroatoms. The van der Waals surface area contributed by atoms with E-state index in [1.807, 2.05) is 12.4 Å². The molecule has 0 radical (unpaired) electrons. The maximum absolute atomic E-state index is 4.02. The Labute approximate surface area is 108 Å². The second-order valence-corrected chi connectivity index (χ2v) is 5.02. The van der Waals surface area contributed by atoms with Crippen LogP contribution < -0.4 is 5.32 Å². The Balaban J connectivity index is 1.87. The molecule has 86 valence electrons. The van der Waals surface area contributed by atoms with Gasteiger partial charge in [0, 0.05) is 4.47 Å². The van der Waals surface area contributed by atoms with Gasteiger partial charge >= 0.3 is 0 Å². The smallest absolute Gasteiger partial charge is 0.115 e. The molecule has 17 heavy (non-hydrogen) atoms. The lowest BCUT2D eigenvalue weighted by Gasteiger charge is -2.14. The van der Waals surface area contributed by atoms with Gasteiger partial charge in [-0.15, -0.1) is 0 Å². The van der Waals surface area contributed by atoms with E-state index in [0.29, 0.717) is 6.04 Å². The largest absolute Gasteiger partial charge is 0.376 e. The van der Waals surface area contributed by atoms with Gasteiger partial charge in [-0.2, -0.15) is 0 Å². The second-order valence-electron chi connectivity index (χ2n) is 4.17. The molecule has 1 aliphatic carbocycles. The molecule has 0 amide bonds. The highest BCUT2D eigenvalue weighted by atomic mass is 79.9. The zero-order chi connectivity index (χ0) is 11.7. The fourth-order valence-corrected chi connectivity index (χ4v) is 2.91. The lowest BCUT2D eigenvalue weighted by molar-refractivity contribution is 0.760. The fourth-order valence-electron chi connectivity index (χ4n) is 2.33. The summed E-state index contributed by atoms with van der Waals surface area (Å²) in [6, 6.07) is 6.75. The molecule has 1 aromatic carbocycles. The number of nitrogens with zero attached hydrogens (tertiary/aromatic N) is 2. The van der Waals surface area contributed by atoms with Gasteiger partial charge in [0.2, 0.25) is 0 Å². The van der Waals surface area contributed by atoms with Crippen LogP contribution in [-0.2, 0) is 6.42 Å². The predicted molar refractivity (Wildman–Crippen MR) is 70.9 cm³/mol. The predicted octanol–water partition coefficient (Wildman–Crippen LogP) is 3.34. The van der Waals surface area contributed by atoms with E-state index < -0.39 is 0 Å². The molecule has 3 nitrogen and oxygen atoms in total. The van der Waals surface area contributed by atoms with Gasteiger partial charge in [0.1, 0.15) is 6.33 Å². The SMILES string of the molecule is Brc1cccc2c1CCC2Nc1cncnc1. The van der Waals surface area contributed by atoms with Crippen molar-refractivity contribution >= 4 is 21.6 Å². The number of halogens is 1. The van der Waals surface area contributed by atoms with Crippen molar-refractivity contribution in [2.75, 3.05) is 5.32 Å². The van der Waals surface area contributed by atoms with Gasteiger partial charge in [-0.25, -0.2) is 9.97 Å². The number of fused-ring (bicyclic) bond motifs is 1. The van der Waals surface area contributed by atoms with Gasteiger partial charge in [0.25, 0.3) is 0 Å². The number of hydrogen-bond acceptors (Lipinski definition) is 3. The standard InChI is InChI=1S/C13H12BrN3/c14-12-3-1-2-11-10(12)4-5-13(11)17-9-6-15-8-16-7-9/h1-3,6-8,13,17H,4-5H2. The van der Waals surface area contributed by atoms with Crippen LogP contribution in [0.3, 0.4) is 0 Å². The first-order valence-electron chi connectivity index (χ1n) is 5.63. The van der Waals surface area contributed by atoms with Crippen LogP contribution in [0.15, 0.2) is 41.4 Å². The Hall–Kier alpha value is -1.42. The molecule has 0 bridgehead atoms. The van der Waals surface area contributed by atoms with Crippen molar-refractivity contribution in [3.05, 3.63) is 52.5 Å². The third kappa shape index (κ3) is 2.05. The Kier molecular flexibility index (Phi) is 2.81. The summed E-state index contributed by atoms with van der Waals surface area (Å²) in [5.41, 5.74) is 3.77. The lowest BCUT2D eigenvalue weighted by Crippen LogP contribution is -2.07. The Morgan fingerprint density at radius 2 is 2.06 bits per heavy atom. The van der Waals surface area contributed by atoms with Crippen molar-refractivity contribution in [2.24, 2.45) is 0 Å². The highest BCUT2D eigenvalue weighted by Gasteiger charge is 2.23. The van der Waals surface area contributed by atoms with E-state index in [0.717, 1.165) is 18.5 Å². The quantitative estimate of drug-likeness (QED) is 0.921. The number of hydrogen-bond donors (Lipinski definition) is 1. The van der Waals surface area contributed by atoms with Crippen LogP contribution in [0.1, 0.15) is 23.6 Å². The molecular formula is C13H12BrN3. The maximum Gasteiger partial charge on any atom is 0.115 e. The van der Waals surface area contributed by atoms with E-state index in [-0.39, 0.29) is 0 Å². The van der Waals surface area contributed by atoms with Crippen LogP contribution in [0.2, 0.25) is 0 Å². The van der Waals surface area contributed by atoms with Crippen LogP contribution in [-0.4, -0.2) is 9.97 Å². The monoisotopic (exact) mass is 289 g/mol. The zero-order valence-electron chi connectivity index (χ0n) is 9.23. The summed E-state index contributed by atoms with van der Waals surface area (Å²) in [4.78, 5) is 8.03. The molecule has 3 rings (SSSR count). The molecule has 1 aliphatic rings. The van der Waals surface area contributed by atoms with Crippen molar-refractivity contribution in [3.63, 3.8) is 0 Å². The van der Waals surface area contributed by atoms with Crippen LogP contribution in [0.5, 0.6) is 0 Å². The molecule has 0 fully saturated rings. The minimum Gasteiger partial charge on any atom is -0.376 e. The van der Waals surface area contributed by atoms with E-state index in [9.17, 15) is 0 Å². The summed E-state index contributed by atoms with van der Waals surface area (Å²) in [5.74, 6) is 0. The second kappa shape index (κ2) is 4.45. The average molecular weight is 290 g/mol. The van der Waals surface area contributed by atoms with Gasteiger partial charge in [-0.3, -0.25) is 0 Å². The maximum atomic E-state index is 4.02. The molecule has 0 spiro atoms. The highest BCUT2D eigenvalue weighted by molar-refractivity contribution is 9.10. The van der Waals surface area contributed by atoms with Gasteiger partial charge in [-0.1, -0.05) is 28.1 Å². The van der Waals surface area contributed by atoms with Gasteiger partial charge < -0.3 is 5.32 Å². The Bertz CT molecular complexity index is 527. The van der Waals surface area contributed by atoms with E-state index in [2.05, 4.69) is 49.4 Å². The molecule has 1 atom stereocenters. The third-order valence-electron chi connectivity index (χ3n) is 3.11. The summed E-state index contributed by atoms with van der Waals surface area (Å²) < 4.78 is 1.21. The van der Waals surface area contributed by atoms with Gasteiger partial charge in [-0.05, 0) is 30.0 Å². The summed E-state index contributed by atoms with van der Waals surface area (Å²) in [5, 5.41) is 3.48. The molecule has 1 heterocycles. The molecular weight excluding hydrogens is 278 g/mol. The van der Waals surface area contributed by atoms with Crippen molar-refractivity contribution in [1.29, 1.82) is 0 Å². The first kappa shape index (κ1) is 10.7. The summed E-state index contributed by atoms with van der Waals surface area (Å²) in [7, 11) is 0. The lowest BCUT2D eigenvalue weighted by atomic mass is 10.1. The summed E-state index contributed by atoms with van der Waals surface area (Å²) in [6.45, 7) is 0. The van der Waals surface area contributed by atoms with Crippen LogP contribution in [0.4, 0.5) is 5.69 Å². The highest BCUT2D eigenvalue weighted by Crippen LogP contribution is 2.37. The van der Waals surface area contributed by atoms with Gasteiger partial charge in [0.05, 0.1) is 24.1 Å². The topological polar surface area (TPSA) is 37.8 Å². The molecule has 0 saturated heterocycles. The van der Waals surface area contributed by atoms with Gasteiger partial charge in [0.15, 0.2) is 0 Å². The van der Waals surface area contributed by atoms with Crippen molar-refractivity contribution in [3.8, 4) is 0 Å². The fraction of sp³-hybridized carbons (Fsp3) is 0.231. The van der Waals surface area contributed by atoms with Crippen molar-refractivity contribution < 1.29 is 0 Å². The van der Waals surface area contributed by atoms with Crippen LogP contribution >= 0.6 is 15.9 Å². The molecule has 2 aromatic rings. The summed E-state index contributed by atoms with van der Waals surface area (Å²) >= 11 is 3.61. The molecule has 0 aliphatic heterocycles. The normalized spacial score (nSPS) is 17.8. The first-order valence-corrected chi connectivity index (χ1v) is 6.43. The molecule has 1 unspecified atom stereocenters. The minimum absolute atomic E-state index is 0.369. The minimum atomic E-state index is 0.369. The number of rotatable bonds is 2. The number of anilines is 1. The van der Waals surface area contributed by atoms with Crippen molar-refractivity contribution in [1.82, 2.24) is 9.97 Å². The van der Waals surface area contributed by atoms with E-state index in [1.54, 1.807) is 6.33 Å². The Morgan fingerprint density at radius 1 is 1.24 bits per heavy atom. The van der Waals surface area contributed by atoms with E-state index in [1.165, 1.54) is 15.6 Å². The number of aromatic nitrogens is 2. The Morgan fingerprint density at radius 3 is 2.88 bits per heavy atom. The zero-order valence-corrected chi connectivity index (χ0v) is 10.8. The van der Waals surface area contributed by atoms with Crippen LogP contribution in [0.25, 0.3) is 0 Å². The molecule has 1 N–H and O–H groups in total. The molecule has 0 saturated carbocycles. The van der Waals surface area contributed by atoms with Crippen LogP contribution in [0, 0.1) is 0 Å². The van der Waals surface area contributed by atoms with E-state index in [4.69, 9.17) is 0 Å². The average Bonchev–Trinajstić information content (AvgIpc) is 2.76. The third-order valence-corrected chi connectivity index (χ3v) is 3.86. The van der Waals surface area contributed by atoms with Crippen molar-refractivity contribution in [2.45, 2.75) is 18.9 Å². The summed E-state index contributed by atoms with van der Waals surface area (Å²) in [6.07, 6.45) is 7.39.